The summed E-state index contributed by atoms with van der Waals surface area (Å²) in [6.07, 6.45) is 2.85. The van der Waals surface area contributed by atoms with Crippen LogP contribution in [0.3, 0.4) is 0 Å². The fourth-order valence-corrected chi connectivity index (χ4v) is 2.22. The van der Waals surface area contributed by atoms with Crippen LogP contribution in [0.25, 0.3) is 10.9 Å². The van der Waals surface area contributed by atoms with Crippen molar-refractivity contribution >= 4 is 16.6 Å². The maximum absolute atomic E-state index is 5.65. The van der Waals surface area contributed by atoms with Crippen LogP contribution in [-0.4, -0.2) is 16.8 Å². The van der Waals surface area contributed by atoms with Gasteiger partial charge in [0.05, 0.1) is 18.3 Å². The summed E-state index contributed by atoms with van der Waals surface area (Å²) >= 11 is 0. The first-order chi connectivity index (χ1) is 10.3. The number of hydrogen-bond donors (Lipinski definition) is 2. The van der Waals surface area contributed by atoms with Crippen LogP contribution in [0, 0.1) is 0 Å². The maximum Gasteiger partial charge on any atom is 0.119 e. The summed E-state index contributed by atoms with van der Waals surface area (Å²) in [4.78, 5) is 0. The molecule has 0 amide bonds. The van der Waals surface area contributed by atoms with Crippen molar-refractivity contribution < 1.29 is 4.74 Å². The SMILES string of the molecule is CCCOc1cccc(CNc2ccc3[nH]ncc3c2)c1. The highest BCUT2D eigenvalue weighted by molar-refractivity contribution is 5.81. The Kier molecular flexibility index (Phi) is 4.05. The normalized spacial score (nSPS) is 10.7. The maximum atomic E-state index is 5.65. The molecule has 3 aromatic rings. The van der Waals surface area contributed by atoms with E-state index >= 15 is 0 Å². The minimum atomic E-state index is 0.758. The Labute approximate surface area is 124 Å². The first kappa shape index (κ1) is 13.5. The van der Waals surface area contributed by atoms with Gasteiger partial charge in [-0.05, 0) is 42.3 Å². The summed E-state index contributed by atoms with van der Waals surface area (Å²) in [5, 5.41) is 11.5. The number of nitrogens with zero attached hydrogens (tertiary/aromatic N) is 1. The lowest BCUT2D eigenvalue weighted by molar-refractivity contribution is 0.317. The Bertz CT molecular complexity index is 721. The minimum Gasteiger partial charge on any atom is -0.494 e. The average Bonchev–Trinajstić information content (AvgIpc) is 2.99. The zero-order valence-electron chi connectivity index (χ0n) is 12.1. The average molecular weight is 281 g/mol. The molecule has 0 bridgehead atoms. The van der Waals surface area contributed by atoms with E-state index in [1.54, 1.807) is 0 Å². The van der Waals surface area contributed by atoms with Crippen molar-refractivity contribution in [3.05, 3.63) is 54.2 Å². The number of aromatic nitrogens is 2. The van der Waals surface area contributed by atoms with Crippen LogP contribution in [0.5, 0.6) is 5.75 Å². The molecule has 0 saturated carbocycles. The van der Waals surface area contributed by atoms with Crippen molar-refractivity contribution in [2.45, 2.75) is 19.9 Å². The van der Waals surface area contributed by atoms with Crippen LogP contribution >= 0.6 is 0 Å². The van der Waals surface area contributed by atoms with Gasteiger partial charge in [0.25, 0.3) is 0 Å². The quantitative estimate of drug-likeness (QED) is 0.719. The van der Waals surface area contributed by atoms with Gasteiger partial charge >= 0.3 is 0 Å². The molecule has 21 heavy (non-hydrogen) atoms. The van der Waals surface area contributed by atoms with Crippen molar-refractivity contribution in [2.24, 2.45) is 0 Å². The molecule has 108 valence electrons. The lowest BCUT2D eigenvalue weighted by Crippen LogP contribution is -2.00. The highest BCUT2D eigenvalue weighted by Gasteiger charge is 2.00. The smallest absolute Gasteiger partial charge is 0.119 e. The number of hydrogen-bond acceptors (Lipinski definition) is 3. The molecule has 0 radical (unpaired) electrons. The van der Waals surface area contributed by atoms with E-state index in [9.17, 15) is 0 Å². The van der Waals surface area contributed by atoms with E-state index in [0.717, 1.165) is 41.9 Å². The van der Waals surface area contributed by atoms with E-state index in [1.807, 2.05) is 24.4 Å². The molecule has 0 fully saturated rings. The molecule has 4 nitrogen and oxygen atoms in total. The fraction of sp³-hybridized carbons (Fsp3) is 0.235. The number of nitrogens with one attached hydrogen (secondary N) is 2. The number of H-pyrrole nitrogens is 1. The molecular weight excluding hydrogens is 262 g/mol. The minimum absolute atomic E-state index is 0.758. The molecule has 0 spiro atoms. The van der Waals surface area contributed by atoms with Gasteiger partial charge in [-0.2, -0.15) is 5.10 Å². The molecule has 0 saturated heterocycles. The third kappa shape index (κ3) is 3.34. The molecule has 3 rings (SSSR count). The second-order valence-electron chi connectivity index (χ2n) is 5.02. The zero-order chi connectivity index (χ0) is 14.5. The van der Waals surface area contributed by atoms with E-state index in [1.165, 1.54) is 5.56 Å². The van der Waals surface area contributed by atoms with Crippen molar-refractivity contribution in [3.8, 4) is 5.75 Å². The third-order valence-electron chi connectivity index (χ3n) is 3.31. The van der Waals surface area contributed by atoms with Gasteiger partial charge in [-0.15, -0.1) is 0 Å². The van der Waals surface area contributed by atoms with E-state index in [0.29, 0.717) is 0 Å². The second-order valence-corrected chi connectivity index (χ2v) is 5.02. The van der Waals surface area contributed by atoms with Gasteiger partial charge in [0.15, 0.2) is 0 Å². The number of rotatable bonds is 6. The van der Waals surface area contributed by atoms with Gasteiger partial charge in [0.1, 0.15) is 5.75 Å². The molecule has 4 heteroatoms. The van der Waals surface area contributed by atoms with Crippen LogP contribution in [0.2, 0.25) is 0 Å². The van der Waals surface area contributed by atoms with Crippen molar-refractivity contribution in [3.63, 3.8) is 0 Å². The van der Waals surface area contributed by atoms with Crippen LogP contribution < -0.4 is 10.1 Å². The topological polar surface area (TPSA) is 49.9 Å². The van der Waals surface area contributed by atoms with Gasteiger partial charge in [0.2, 0.25) is 0 Å². The zero-order valence-corrected chi connectivity index (χ0v) is 12.1. The Morgan fingerprint density at radius 2 is 2.14 bits per heavy atom. The Morgan fingerprint density at radius 1 is 1.19 bits per heavy atom. The summed E-state index contributed by atoms with van der Waals surface area (Å²) < 4.78 is 5.65. The van der Waals surface area contributed by atoms with Crippen LogP contribution in [0.4, 0.5) is 5.69 Å². The lowest BCUT2D eigenvalue weighted by Gasteiger charge is -2.09. The number of anilines is 1. The first-order valence-corrected chi connectivity index (χ1v) is 7.24. The third-order valence-corrected chi connectivity index (χ3v) is 3.31. The molecule has 0 unspecified atom stereocenters. The second kappa shape index (κ2) is 6.31. The lowest BCUT2D eigenvalue weighted by atomic mass is 10.2. The number of aromatic amines is 1. The number of benzene rings is 2. The fourth-order valence-electron chi connectivity index (χ4n) is 2.22. The van der Waals surface area contributed by atoms with Crippen molar-refractivity contribution in [1.82, 2.24) is 10.2 Å². The summed E-state index contributed by atoms with van der Waals surface area (Å²) in [7, 11) is 0. The van der Waals surface area contributed by atoms with E-state index < -0.39 is 0 Å². The number of fused-ring (bicyclic) bond motifs is 1. The Hall–Kier alpha value is -2.49. The van der Waals surface area contributed by atoms with Gasteiger partial charge < -0.3 is 10.1 Å². The summed E-state index contributed by atoms with van der Waals surface area (Å²) in [6, 6.07) is 14.4. The van der Waals surface area contributed by atoms with E-state index in [4.69, 9.17) is 4.74 Å². The van der Waals surface area contributed by atoms with Gasteiger partial charge in [-0.25, -0.2) is 0 Å². The monoisotopic (exact) mass is 281 g/mol. The predicted octanol–water partition coefficient (Wildman–Crippen LogP) is 3.96. The molecular formula is C17H19N3O. The molecule has 0 atom stereocenters. The van der Waals surface area contributed by atoms with E-state index in [-0.39, 0.29) is 0 Å². The van der Waals surface area contributed by atoms with E-state index in [2.05, 4.69) is 46.7 Å². The van der Waals surface area contributed by atoms with Crippen LogP contribution in [0.1, 0.15) is 18.9 Å². The van der Waals surface area contributed by atoms with Gasteiger partial charge in [-0.3, -0.25) is 5.10 Å². The summed E-state index contributed by atoms with van der Waals surface area (Å²) in [6.45, 7) is 3.64. The molecule has 0 aliphatic rings. The van der Waals surface area contributed by atoms with Crippen molar-refractivity contribution in [2.75, 3.05) is 11.9 Å². The number of ether oxygens (including phenoxy) is 1. The predicted molar refractivity (Wildman–Crippen MR) is 85.6 cm³/mol. The molecule has 0 aliphatic heterocycles. The standard InChI is InChI=1S/C17H19N3O/c1-2-8-21-16-5-3-4-13(9-16)11-18-15-6-7-17-14(10-15)12-19-20-17/h3-7,9-10,12,18H,2,8,11H2,1H3,(H,19,20). The first-order valence-electron chi connectivity index (χ1n) is 7.24. The molecule has 2 aromatic carbocycles. The highest BCUT2D eigenvalue weighted by atomic mass is 16.5. The Morgan fingerprint density at radius 3 is 3.05 bits per heavy atom. The summed E-state index contributed by atoms with van der Waals surface area (Å²) in [5.74, 6) is 0.932. The molecule has 0 aliphatic carbocycles. The summed E-state index contributed by atoms with van der Waals surface area (Å²) in [5.41, 5.74) is 3.34. The van der Waals surface area contributed by atoms with Crippen LogP contribution in [0.15, 0.2) is 48.7 Å². The largest absolute Gasteiger partial charge is 0.494 e. The van der Waals surface area contributed by atoms with Crippen LogP contribution in [-0.2, 0) is 6.54 Å². The molecule has 1 aromatic heterocycles. The molecule has 1 heterocycles. The van der Waals surface area contributed by atoms with Gasteiger partial charge in [0, 0.05) is 17.6 Å². The Balaban J connectivity index is 1.66. The van der Waals surface area contributed by atoms with Gasteiger partial charge in [-0.1, -0.05) is 19.1 Å². The highest BCUT2D eigenvalue weighted by Crippen LogP contribution is 2.19. The van der Waals surface area contributed by atoms with Crippen molar-refractivity contribution in [1.29, 1.82) is 0 Å². The molecule has 2 N–H and O–H groups in total.